The maximum absolute atomic E-state index is 13.8. The summed E-state index contributed by atoms with van der Waals surface area (Å²) in [5, 5.41) is 0. The summed E-state index contributed by atoms with van der Waals surface area (Å²) in [7, 11) is 1.53. The Morgan fingerprint density at radius 1 is 1.56 bits per heavy atom. The highest BCUT2D eigenvalue weighted by molar-refractivity contribution is 5.37. The van der Waals surface area contributed by atoms with Gasteiger partial charge in [-0.3, -0.25) is 0 Å². The third-order valence-electron chi connectivity index (χ3n) is 3.43. The smallest absolute Gasteiger partial charge is 0.131 e. The molecule has 2 unspecified atom stereocenters. The number of ether oxygens (including phenoxy) is 2. The predicted octanol–water partition coefficient (Wildman–Crippen LogP) is 2.79. The van der Waals surface area contributed by atoms with E-state index >= 15 is 0 Å². The Labute approximate surface area is 107 Å². The fourth-order valence-corrected chi connectivity index (χ4v) is 2.44. The van der Waals surface area contributed by atoms with Crippen LogP contribution in [-0.2, 0) is 4.74 Å². The van der Waals surface area contributed by atoms with Gasteiger partial charge in [0.15, 0.2) is 0 Å². The van der Waals surface area contributed by atoms with Gasteiger partial charge < -0.3 is 15.2 Å². The molecule has 1 aromatic rings. The van der Waals surface area contributed by atoms with Gasteiger partial charge in [-0.2, -0.15) is 0 Å². The Balaban J connectivity index is 2.01. The van der Waals surface area contributed by atoms with Gasteiger partial charge in [-0.25, -0.2) is 4.39 Å². The van der Waals surface area contributed by atoms with Crippen molar-refractivity contribution in [1.29, 1.82) is 0 Å². The molecule has 0 amide bonds. The fourth-order valence-electron chi connectivity index (χ4n) is 2.44. The quantitative estimate of drug-likeness (QED) is 0.877. The van der Waals surface area contributed by atoms with E-state index in [9.17, 15) is 4.39 Å². The van der Waals surface area contributed by atoms with Crippen molar-refractivity contribution in [3.05, 3.63) is 29.6 Å². The number of benzene rings is 1. The Morgan fingerprint density at radius 3 is 3.06 bits per heavy atom. The lowest BCUT2D eigenvalue weighted by Gasteiger charge is -2.18. The van der Waals surface area contributed by atoms with Gasteiger partial charge in [0, 0.05) is 18.2 Å². The summed E-state index contributed by atoms with van der Waals surface area (Å²) < 4.78 is 24.5. The molecule has 0 saturated carbocycles. The zero-order chi connectivity index (χ0) is 13.0. The highest BCUT2D eigenvalue weighted by Gasteiger charge is 2.20. The van der Waals surface area contributed by atoms with Gasteiger partial charge in [-0.1, -0.05) is 6.07 Å². The van der Waals surface area contributed by atoms with Crippen LogP contribution in [0.25, 0.3) is 0 Å². The Morgan fingerprint density at radius 2 is 2.39 bits per heavy atom. The first-order chi connectivity index (χ1) is 8.72. The lowest BCUT2D eigenvalue weighted by atomic mass is 9.98. The highest BCUT2D eigenvalue weighted by atomic mass is 19.1. The van der Waals surface area contributed by atoms with Crippen molar-refractivity contribution in [1.82, 2.24) is 0 Å². The Kier molecular flexibility index (Phi) is 4.55. The molecule has 1 aromatic carbocycles. The van der Waals surface area contributed by atoms with Crippen molar-refractivity contribution in [2.75, 3.05) is 13.7 Å². The van der Waals surface area contributed by atoms with E-state index in [1.807, 2.05) is 0 Å². The summed E-state index contributed by atoms with van der Waals surface area (Å²) >= 11 is 0. The molecule has 2 N–H and O–H groups in total. The van der Waals surface area contributed by atoms with E-state index in [2.05, 4.69) is 0 Å². The maximum Gasteiger partial charge on any atom is 0.131 e. The predicted molar refractivity (Wildman–Crippen MR) is 68.1 cm³/mol. The summed E-state index contributed by atoms with van der Waals surface area (Å²) in [6.07, 6.45) is 4.07. The molecule has 0 spiro atoms. The fraction of sp³-hybridized carbons (Fsp3) is 0.571. The summed E-state index contributed by atoms with van der Waals surface area (Å²) in [5.74, 6) is 0.226. The van der Waals surface area contributed by atoms with Crippen LogP contribution >= 0.6 is 0 Å². The van der Waals surface area contributed by atoms with Crippen LogP contribution < -0.4 is 10.5 Å². The van der Waals surface area contributed by atoms with Crippen LogP contribution in [0.15, 0.2) is 18.2 Å². The van der Waals surface area contributed by atoms with Crippen LogP contribution in [0.1, 0.15) is 37.3 Å². The third-order valence-corrected chi connectivity index (χ3v) is 3.43. The van der Waals surface area contributed by atoms with Crippen LogP contribution in [0.4, 0.5) is 4.39 Å². The number of methoxy groups -OCH3 is 1. The summed E-state index contributed by atoms with van der Waals surface area (Å²) in [4.78, 5) is 0. The minimum Gasteiger partial charge on any atom is -0.496 e. The van der Waals surface area contributed by atoms with Crippen LogP contribution in [0, 0.1) is 5.82 Å². The largest absolute Gasteiger partial charge is 0.496 e. The van der Waals surface area contributed by atoms with Crippen LogP contribution in [0.2, 0.25) is 0 Å². The van der Waals surface area contributed by atoms with Gasteiger partial charge in [-0.15, -0.1) is 0 Å². The molecule has 2 atom stereocenters. The zero-order valence-corrected chi connectivity index (χ0v) is 10.7. The van der Waals surface area contributed by atoms with E-state index in [0.717, 1.165) is 25.9 Å². The monoisotopic (exact) mass is 253 g/mol. The average molecular weight is 253 g/mol. The van der Waals surface area contributed by atoms with Crippen molar-refractivity contribution < 1.29 is 13.9 Å². The molecular weight excluding hydrogens is 233 g/mol. The van der Waals surface area contributed by atoms with Crippen LogP contribution in [0.5, 0.6) is 5.75 Å². The van der Waals surface area contributed by atoms with Crippen LogP contribution in [0.3, 0.4) is 0 Å². The average Bonchev–Trinajstić information content (AvgIpc) is 2.88. The summed E-state index contributed by atoms with van der Waals surface area (Å²) in [6.45, 7) is 0.836. The van der Waals surface area contributed by atoms with Crippen LogP contribution in [-0.4, -0.2) is 19.8 Å². The molecule has 0 radical (unpaired) electrons. The normalized spacial score (nSPS) is 20.9. The lowest BCUT2D eigenvalue weighted by molar-refractivity contribution is 0.101. The Hall–Kier alpha value is -1.13. The van der Waals surface area contributed by atoms with Crippen molar-refractivity contribution in [3.63, 3.8) is 0 Å². The van der Waals surface area contributed by atoms with Crippen molar-refractivity contribution in [2.24, 2.45) is 5.73 Å². The van der Waals surface area contributed by atoms with E-state index in [1.54, 1.807) is 12.1 Å². The highest BCUT2D eigenvalue weighted by Crippen LogP contribution is 2.30. The lowest BCUT2D eigenvalue weighted by Crippen LogP contribution is -2.16. The molecule has 0 bridgehead atoms. The molecule has 3 nitrogen and oxygen atoms in total. The SMILES string of the molecule is COc1cccc(F)c1C(N)CCC1CCCO1. The van der Waals surface area contributed by atoms with Gasteiger partial charge in [-0.05, 0) is 37.8 Å². The summed E-state index contributed by atoms with van der Waals surface area (Å²) in [5.41, 5.74) is 6.55. The first-order valence-electron chi connectivity index (χ1n) is 6.42. The minimum absolute atomic E-state index is 0.286. The van der Waals surface area contributed by atoms with Gasteiger partial charge in [0.25, 0.3) is 0 Å². The zero-order valence-electron chi connectivity index (χ0n) is 10.7. The first kappa shape index (κ1) is 13.3. The van der Waals surface area contributed by atoms with Crippen molar-refractivity contribution in [2.45, 2.75) is 37.8 Å². The second-order valence-corrected chi connectivity index (χ2v) is 4.67. The molecule has 1 heterocycles. The van der Waals surface area contributed by atoms with E-state index in [0.29, 0.717) is 17.7 Å². The maximum atomic E-state index is 13.8. The number of hydrogen-bond acceptors (Lipinski definition) is 3. The number of hydrogen-bond donors (Lipinski definition) is 1. The first-order valence-corrected chi connectivity index (χ1v) is 6.42. The molecule has 2 rings (SSSR count). The van der Waals surface area contributed by atoms with E-state index in [-0.39, 0.29) is 18.0 Å². The van der Waals surface area contributed by atoms with E-state index in [1.165, 1.54) is 13.2 Å². The topological polar surface area (TPSA) is 44.5 Å². The van der Waals surface area contributed by atoms with E-state index in [4.69, 9.17) is 15.2 Å². The molecule has 1 saturated heterocycles. The van der Waals surface area contributed by atoms with Gasteiger partial charge in [0.05, 0.1) is 13.2 Å². The Bertz CT molecular complexity index is 391. The molecule has 18 heavy (non-hydrogen) atoms. The molecule has 100 valence electrons. The van der Waals surface area contributed by atoms with Crippen molar-refractivity contribution in [3.8, 4) is 5.75 Å². The second kappa shape index (κ2) is 6.16. The molecular formula is C14H20FNO2. The number of nitrogens with two attached hydrogens (primary N) is 1. The van der Waals surface area contributed by atoms with Gasteiger partial charge >= 0.3 is 0 Å². The minimum atomic E-state index is -0.342. The van der Waals surface area contributed by atoms with Gasteiger partial charge in [0.1, 0.15) is 11.6 Å². The molecule has 1 fully saturated rings. The van der Waals surface area contributed by atoms with E-state index < -0.39 is 0 Å². The standard InChI is InChI=1S/C14H20FNO2/c1-17-13-6-2-5-11(15)14(13)12(16)8-7-10-4-3-9-18-10/h2,5-6,10,12H,3-4,7-9,16H2,1H3. The van der Waals surface area contributed by atoms with Crippen molar-refractivity contribution >= 4 is 0 Å². The molecule has 1 aliphatic rings. The summed E-state index contributed by atoms with van der Waals surface area (Å²) in [6, 6.07) is 4.45. The second-order valence-electron chi connectivity index (χ2n) is 4.67. The molecule has 0 aliphatic carbocycles. The molecule has 0 aromatic heterocycles. The number of halogens is 1. The molecule has 1 aliphatic heterocycles. The third kappa shape index (κ3) is 3.00. The molecule has 4 heteroatoms. The van der Waals surface area contributed by atoms with Gasteiger partial charge in [0.2, 0.25) is 0 Å². The number of rotatable bonds is 5.